The van der Waals surface area contributed by atoms with E-state index in [9.17, 15) is 9.59 Å². The second-order valence-corrected chi connectivity index (χ2v) is 5.90. The minimum absolute atomic E-state index is 0.0500. The number of amides is 1. The van der Waals surface area contributed by atoms with E-state index in [1.54, 1.807) is 18.2 Å². The number of rotatable bonds is 3. The molecule has 0 aliphatic rings. The van der Waals surface area contributed by atoms with E-state index >= 15 is 0 Å². The van der Waals surface area contributed by atoms with Crippen molar-refractivity contribution in [1.29, 1.82) is 0 Å². The summed E-state index contributed by atoms with van der Waals surface area (Å²) in [5.41, 5.74) is 0.517. The lowest BCUT2D eigenvalue weighted by atomic mass is 10.3. The number of aromatic nitrogens is 2. The summed E-state index contributed by atoms with van der Waals surface area (Å²) in [6.07, 6.45) is 1.42. The Kier molecular flexibility index (Phi) is 3.53. The van der Waals surface area contributed by atoms with Gasteiger partial charge in [-0.3, -0.25) is 14.2 Å². The number of nitrogens with one attached hydrogen (secondary N) is 1. The first-order valence-corrected chi connectivity index (χ1v) is 7.25. The van der Waals surface area contributed by atoms with Gasteiger partial charge in [0.2, 0.25) is 5.91 Å². The first kappa shape index (κ1) is 13.5. The lowest BCUT2D eigenvalue weighted by molar-refractivity contribution is -0.116. The summed E-state index contributed by atoms with van der Waals surface area (Å²) < 4.78 is 1.33. The average molecular weight is 299 g/mol. The minimum Gasteiger partial charge on any atom is -0.325 e. The molecule has 0 unspecified atom stereocenters. The van der Waals surface area contributed by atoms with Crippen molar-refractivity contribution in [2.75, 3.05) is 5.32 Å². The van der Waals surface area contributed by atoms with Gasteiger partial charge in [-0.1, -0.05) is 18.2 Å². The molecule has 106 valence electrons. The quantitative estimate of drug-likeness (QED) is 0.807. The molecule has 0 saturated heterocycles. The largest absolute Gasteiger partial charge is 0.325 e. The van der Waals surface area contributed by atoms with Crippen LogP contribution in [-0.4, -0.2) is 15.5 Å². The van der Waals surface area contributed by atoms with Crippen LogP contribution in [0.5, 0.6) is 0 Å². The molecule has 3 aromatic rings. The summed E-state index contributed by atoms with van der Waals surface area (Å²) >= 11 is 1.47. The van der Waals surface area contributed by atoms with Crippen molar-refractivity contribution in [3.63, 3.8) is 0 Å². The number of carbonyl (C=O) groups excluding carboxylic acids is 1. The number of fused-ring (bicyclic) bond motifs is 1. The van der Waals surface area contributed by atoms with Gasteiger partial charge in [-0.15, -0.1) is 11.3 Å². The maximum absolute atomic E-state index is 12.3. The Morgan fingerprint density at radius 2 is 2.10 bits per heavy atom. The van der Waals surface area contributed by atoms with E-state index < -0.39 is 0 Å². The van der Waals surface area contributed by atoms with Crippen molar-refractivity contribution < 1.29 is 4.79 Å². The van der Waals surface area contributed by atoms with Gasteiger partial charge in [-0.25, -0.2) is 4.98 Å². The summed E-state index contributed by atoms with van der Waals surface area (Å²) in [5.74, 6) is -0.253. The Morgan fingerprint density at radius 3 is 2.86 bits per heavy atom. The molecule has 2 heterocycles. The van der Waals surface area contributed by atoms with Crippen LogP contribution < -0.4 is 10.9 Å². The van der Waals surface area contributed by atoms with E-state index in [1.165, 1.54) is 22.2 Å². The van der Waals surface area contributed by atoms with Crippen LogP contribution >= 0.6 is 11.3 Å². The summed E-state index contributed by atoms with van der Waals surface area (Å²) in [5, 5.41) is 3.31. The average Bonchev–Trinajstić information content (AvgIpc) is 2.85. The van der Waals surface area contributed by atoms with Crippen molar-refractivity contribution in [2.24, 2.45) is 0 Å². The fraction of sp³-hybridized carbons (Fsp3) is 0.133. The van der Waals surface area contributed by atoms with E-state index in [-0.39, 0.29) is 18.0 Å². The van der Waals surface area contributed by atoms with Crippen molar-refractivity contribution in [3.8, 4) is 0 Å². The molecule has 1 aromatic carbocycles. The second-order valence-electron chi connectivity index (χ2n) is 4.67. The van der Waals surface area contributed by atoms with Crippen LogP contribution in [0.4, 0.5) is 5.69 Å². The first-order chi connectivity index (χ1) is 10.1. The molecule has 3 rings (SSSR count). The van der Waals surface area contributed by atoms with E-state index in [2.05, 4.69) is 10.3 Å². The molecule has 1 amide bonds. The number of aryl methyl sites for hydroxylation is 1. The highest BCUT2D eigenvalue weighted by atomic mass is 32.1. The predicted octanol–water partition coefficient (Wildman–Crippen LogP) is 2.41. The van der Waals surface area contributed by atoms with Gasteiger partial charge in [-0.2, -0.15) is 0 Å². The van der Waals surface area contributed by atoms with Crippen LogP contribution in [0.15, 0.2) is 47.5 Å². The standard InChI is InChI=1S/C15H13N3O2S/c1-10-7-12-14(21-10)16-9-18(15(12)20)8-13(19)17-11-5-3-2-4-6-11/h2-7,9H,8H2,1H3,(H,17,19). The molecule has 0 saturated carbocycles. The third-order valence-corrected chi connectivity index (χ3v) is 3.97. The molecule has 1 N–H and O–H groups in total. The first-order valence-electron chi connectivity index (χ1n) is 6.44. The fourth-order valence-corrected chi connectivity index (χ4v) is 2.91. The third-order valence-electron chi connectivity index (χ3n) is 3.01. The molecular weight excluding hydrogens is 286 g/mol. The second kappa shape index (κ2) is 5.49. The normalized spacial score (nSPS) is 10.7. The van der Waals surface area contributed by atoms with Crippen molar-refractivity contribution in [1.82, 2.24) is 9.55 Å². The zero-order chi connectivity index (χ0) is 14.8. The number of benzene rings is 1. The Labute approximate surface area is 124 Å². The molecule has 0 bridgehead atoms. The number of nitrogens with zero attached hydrogens (tertiary/aromatic N) is 2. The molecule has 2 aromatic heterocycles. The van der Waals surface area contributed by atoms with Crippen LogP contribution in [0.3, 0.4) is 0 Å². The van der Waals surface area contributed by atoms with Crippen LogP contribution in [-0.2, 0) is 11.3 Å². The smallest absolute Gasteiger partial charge is 0.262 e. The summed E-state index contributed by atoms with van der Waals surface area (Å²) in [7, 11) is 0. The number of carbonyl (C=O) groups is 1. The summed E-state index contributed by atoms with van der Waals surface area (Å²) in [6, 6.07) is 10.9. The Hall–Kier alpha value is -2.47. The molecule has 0 aliphatic carbocycles. The van der Waals surface area contributed by atoms with Crippen LogP contribution in [0.25, 0.3) is 10.2 Å². The number of hydrogen-bond donors (Lipinski definition) is 1. The fourth-order valence-electron chi connectivity index (χ4n) is 2.07. The maximum Gasteiger partial charge on any atom is 0.262 e. The van der Waals surface area contributed by atoms with Crippen LogP contribution in [0.2, 0.25) is 0 Å². The maximum atomic E-state index is 12.3. The van der Waals surface area contributed by atoms with Gasteiger partial charge < -0.3 is 5.32 Å². The molecule has 0 fully saturated rings. The van der Waals surface area contributed by atoms with Crippen molar-refractivity contribution in [2.45, 2.75) is 13.5 Å². The molecule has 6 heteroatoms. The molecule has 0 atom stereocenters. The number of thiophene rings is 1. The van der Waals surface area contributed by atoms with Gasteiger partial charge in [0, 0.05) is 10.6 Å². The van der Waals surface area contributed by atoms with Gasteiger partial charge in [0.1, 0.15) is 11.4 Å². The molecular formula is C15H13N3O2S. The highest BCUT2D eigenvalue weighted by molar-refractivity contribution is 7.18. The molecule has 0 aliphatic heterocycles. The topological polar surface area (TPSA) is 64.0 Å². The molecule has 0 spiro atoms. The Balaban J connectivity index is 1.83. The zero-order valence-electron chi connectivity index (χ0n) is 11.4. The number of anilines is 1. The predicted molar refractivity (Wildman–Crippen MR) is 83.7 cm³/mol. The highest BCUT2D eigenvalue weighted by Gasteiger charge is 2.10. The van der Waals surface area contributed by atoms with E-state index in [1.807, 2.05) is 25.1 Å². The lowest BCUT2D eigenvalue weighted by Crippen LogP contribution is -2.27. The lowest BCUT2D eigenvalue weighted by Gasteiger charge is -2.06. The van der Waals surface area contributed by atoms with Crippen LogP contribution in [0.1, 0.15) is 4.88 Å². The zero-order valence-corrected chi connectivity index (χ0v) is 12.2. The van der Waals surface area contributed by atoms with Crippen LogP contribution in [0, 0.1) is 6.92 Å². The van der Waals surface area contributed by atoms with Gasteiger partial charge >= 0.3 is 0 Å². The highest BCUT2D eigenvalue weighted by Crippen LogP contribution is 2.19. The summed E-state index contributed by atoms with van der Waals surface area (Å²) in [6.45, 7) is 1.88. The van der Waals surface area contributed by atoms with Gasteiger partial charge in [0.05, 0.1) is 11.7 Å². The van der Waals surface area contributed by atoms with Gasteiger partial charge in [-0.05, 0) is 25.1 Å². The molecule has 0 radical (unpaired) electrons. The van der Waals surface area contributed by atoms with E-state index in [4.69, 9.17) is 0 Å². The minimum atomic E-state index is -0.253. The SMILES string of the molecule is Cc1cc2c(=O)n(CC(=O)Nc3ccccc3)cnc2s1. The third kappa shape index (κ3) is 2.85. The van der Waals surface area contributed by atoms with Gasteiger partial charge in [0.25, 0.3) is 5.56 Å². The monoisotopic (exact) mass is 299 g/mol. The van der Waals surface area contributed by atoms with E-state index in [0.29, 0.717) is 15.9 Å². The van der Waals surface area contributed by atoms with Crippen molar-refractivity contribution >= 4 is 33.1 Å². The van der Waals surface area contributed by atoms with E-state index in [0.717, 1.165) is 4.88 Å². The number of para-hydroxylation sites is 1. The Bertz CT molecular complexity index is 852. The van der Waals surface area contributed by atoms with Gasteiger partial charge in [0.15, 0.2) is 0 Å². The summed E-state index contributed by atoms with van der Waals surface area (Å²) in [4.78, 5) is 30.2. The van der Waals surface area contributed by atoms with Crippen molar-refractivity contribution in [3.05, 3.63) is 58.0 Å². The Morgan fingerprint density at radius 1 is 1.33 bits per heavy atom. The number of hydrogen-bond acceptors (Lipinski definition) is 4. The molecule has 21 heavy (non-hydrogen) atoms. The molecule has 5 nitrogen and oxygen atoms in total.